The molecular formula is C15H25N. The Hall–Kier alpha value is -0.720. The van der Waals surface area contributed by atoms with Gasteiger partial charge in [-0.1, -0.05) is 26.2 Å². The molecule has 16 heavy (non-hydrogen) atoms. The van der Waals surface area contributed by atoms with Crippen molar-refractivity contribution in [2.75, 3.05) is 0 Å². The van der Waals surface area contributed by atoms with Crippen LogP contribution in [0.25, 0.3) is 0 Å². The maximum Gasteiger partial charge on any atom is 0.0227 e. The highest BCUT2D eigenvalue weighted by Gasteiger charge is 2.18. The van der Waals surface area contributed by atoms with E-state index >= 15 is 0 Å². The van der Waals surface area contributed by atoms with Crippen molar-refractivity contribution >= 4 is 0 Å². The molecule has 0 aromatic carbocycles. The summed E-state index contributed by atoms with van der Waals surface area (Å²) in [5.74, 6) is 1.94. The van der Waals surface area contributed by atoms with Crippen LogP contribution in [0.3, 0.4) is 0 Å². The minimum atomic E-state index is 0.964. The second-order valence-electron chi connectivity index (χ2n) is 5.69. The lowest BCUT2D eigenvalue weighted by atomic mass is 9.81. The monoisotopic (exact) mass is 219 g/mol. The minimum Gasteiger partial charge on any atom is -0.349 e. The van der Waals surface area contributed by atoms with E-state index in [4.69, 9.17) is 0 Å². The van der Waals surface area contributed by atoms with E-state index < -0.39 is 0 Å². The molecule has 2 unspecified atom stereocenters. The number of hydrogen-bond acceptors (Lipinski definition) is 0. The van der Waals surface area contributed by atoms with Crippen LogP contribution < -0.4 is 0 Å². The van der Waals surface area contributed by atoms with Gasteiger partial charge in [-0.2, -0.15) is 0 Å². The molecule has 1 saturated carbocycles. The van der Waals surface area contributed by atoms with Crippen LogP contribution in [0.1, 0.15) is 50.4 Å². The molecule has 0 amide bonds. The maximum absolute atomic E-state index is 2.47. The summed E-state index contributed by atoms with van der Waals surface area (Å²) in [6.45, 7) is 8.08. The van der Waals surface area contributed by atoms with Crippen LogP contribution in [-0.2, 0) is 6.54 Å². The highest BCUT2D eigenvalue weighted by molar-refractivity contribution is 5.13. The average molecular weight is 219 g/mol. The van der Waals surface area contributed by atoms with Crippen molar-refractivity contribution in [2.24, 2.45) is 11.8 Å². The van der Waals surface area contributed by atoms with Crippen LogP contribution in [0.2, 0.25) is 0 Å². The summed E-state index contributed by atoms with van der Waals surface area (Å²) in [5.41, 5.74) is 2.84. The molecule has 1 fully saturated rings. The molecule has 0 radical (unpaired) electrons. The lowest BCUT2D eigenvalue weighted by Crippen LogP contribution is -2.16. The van der Waals surface area contributed by atoms with E-state index in [0.29, 0.717) is 0 Å². The zero-order chi connectivity index (χ0) is 11.5. The molecule has 1 aromatic rings. The van der Waals surface area contributed by atoms with Gasteiger partial charge in [0.05, 0.1) is 0 Å². The Bertz CT molecular complexity index is 318. The predicted octanol–water partition coefficient (Wildman–Crippen LogP) is 4.32. The third-order valence-electron chi connectivity index (χ3n) is 4.22. The molecule has 0 aliphatic heterocycles. The first-order valence-corrected chi connectivity index (χ1v) is 6.79. The largest absolute Gasteiger partial charge is 0.349 e. The van der Waals surface area contributed by atoms with Gasteiger partial charge >= 0.3 is 0 Å². The topological polar surface area (TPSA) is 4.93 Å². The normalized spacial score (nSPS) is 25.9. The first kappa shape index (κ1) is 11.8. The molecule has 2 rings (SSSR count). The summed E-state index contributed by atoms with van der Waals surface area (Å²) in [5, 5.41) is 0. The highest BCUT2D eigenvalue weighted by atomic mass is 15.0. The van der Waals surface area contributed by atoms with Crippen LogP contribution in [-0.4, -0.2) is 4.57 Å². The molecule has 1 heteroatoms. The summed E-state index contributed by atoms with van der Waals surface area (Å²) in [6.07, 6.45) is 7.21. The molecule has 1 nitrogen and oxygen atoms in total. The average Bonchev–Trinajstić information content (AvgIpc) is 2.56. The van der Waals surface area contributed by atoms with E-state index in [1.165, 1.54) is 50.0 Å². The van der Waals surface area contributed by atoms with Crippen molar-refractivity contribution < 1.29 is 0 Å². The van der Waals surface area contributed by atoms with Gasteiger partial charge in [0.25, 0.3) is 0 Å². The summed E-state index contributed by atoms with van der Waals surface area (Å²) in [6, 6.07) is 4.47. The van der Waals surface area contributed by atoms with Gasteiger partial charge in [-0.3, -0.25) is 0 Å². The number of aromatic nitrogens is 1. The summed E-state index contributed by atoms with van der Waals surface area (Å²) in [7, 11) is 0. The van der Waals surface area contributed by atoms with Gasteiger partial charge < -0.3 is 4.57 Å². The van der Waals surface area contributed by atoms with Crippen molar-refractivity contribution in [3.63, 3.8) is 0 Å². The van der Waals surface area contributed by atoms with Gasteiger partial charge in [-0.25, -0.2) is 0 Å². The van der Waals surface area contributed by atoms with Gasteiger partial charge in [-0.05, 0) is 50.7 Å². The first-order chi connectivity index (χ1) is 7.66. The molecule has 0 saturated heterocycles. The first-order valence-electron chi connectivity index (χ1n) is 6.79. The lowest BCUT2D eigenvalue weighted by Gasteiger charge is -2.27. The molecule has 0 bridgehead atoms. The van der Waals surface area contributed by atoms with Crippen LogP contribution >= 0.6 is 0 Å². The second kappa shape index (κ2) is 5.07. The van der Waals surface area contributed by atoms with E-state index in [1.807, 2.05) is 0 Å². The van der Waals surface area contributed by atoms with E-state index in [-0.39, 0.29) is 0 Å². The molecule has 90 valence electrons. The fourth-order valence-electron chi connectivity index (χ4n) is 3.19. The molecule has 0 spiro atoms. The fourth-order valence-corrected chi connectivity index (χ4v) is 3.19. The number of nitrogens with zero attached hydrogens (tertiary/aromatic N) is 1. The Morgan fingerprint density at radius 3 is 2.50 bits per heavy atom. The third kappa shape index (κ3) is 2.69. The van der Waals surface area contributed by atoms with Crippen molar-refractivity contribution in [3.8, 4) is 0 Å². The molecule has 1 aliphatic carbocycles. The van der Waals surface area contributed by atoms with E-state index in [1.54, 1.807) is 0 Å². The molecular weight excluding hydrogens is 194 g/mol. The van der Waals surface area contributed by atoms with E-state index in [9.17, 15) is 0 Å². The smallest absolute Gasteiger partial charge is 0.0227 e. The van der Waals surface area contributed by atoms with Crippen LogP contribution in [0.15, 0.2) is 12.1 Å². The van der Waals surface area contributed by atoms with Gasteiger partial charge in [0.15, 0.2) is 0 Å². The van der Waals surface area contributed by atoms with Gasteiger partial charge in [0.1, 0.15) is 0 Å². The summed E-state index contributed by atoms with van der Waals surface area (Å²) < 4.78 is 2.47. The molecule has 1 aromatic heterocycles. The Balaban J connectivity index is 1.87. The van der Waals surface area contributed by atoms with Crippen molar-refractivity contribution in [3.05, 3.63) is 23.5 Å². The van der Waals surface area contributed by atoms with Gasteiger partial charge in [-0.15, -0.1) is 0 Å². The zero-order valence-electron chi connectivity index (χ0n) is 11.0. The minimum absolute atomic E-state index is 0.964. The fraction of sp³-hybridized carbons (Fsp3) is 0.733. The standard InChI is InChI=1S/C15H25N/c1-12-5-4-6-15(11-12)9-10-16-13(2)7-8-14(16)3/h7-8,12,15H,4-6,9-11H2,1-3H3. The second-order valence-corrected chi connectivity index (χ2v) is 5.69. The SMILES string of the molecule is Cc1ccc(C)n1CCC1CCCC(C)C1. The number of aryl methyl sites for hydroxylation is 2. The summed E-state index contributed by atoms with van der Waals surface area (Å²) >= 11 is 0. The van der Waals surface area contributed by atoms with Gasteiger partial charge in [0.2, 0.25) is 0 Å². The molecule has 0 N–H and O–H groups in total. The maximum atomic E-state index is 2.47. The van der Waals surface area contributed by atoms with Crippen LogP contribution in [0, 0.1) is 25.7 Å². The Morgan fingerprint density at radius 2 is 1.88 bits per heavy atom. The quantitative estimate of drug-likeness (QED) is 0.713. The Kier molecular flexibility index (Phi) is 3.73. The lowest BCUT2D eigenvalue weighted by molar-refractivity contribution is 0.260. The molecule has 2 atom stereocenters. The Labute approximate surface area is 99.9 Å². The van der Waals surface area contributed by atoms with Crippen LogP contribution in [0.4, 0.5) is 0 Å². The summed E-state index contributed by atoms with van der Waals surface area (Å²) in [4.78, 5) is 0. The van der Waals surface area contributed by atoms with Crippen molar-refractivity contribution in [1.29, 1.82) is 0 Å². The van der Waals surface area contributed by atoms with Crippen LogP contribution in [0.5, 0.6) is 0 Å². The molecule has 1 aliphatic rings. The zero-order valence-corrected chi connectivity index (χ0v) is 11.0. The number of hydrogen-bond donors (Lipinski definition) is 0. The van der Waals surface area contributed by atoms with Crippen molar-refractivity contribution in [2.45, 2.75) is 59.4 Å². The van der Waals surface area contributed by atoms with E-state index in [2.05, 4.69) is 37.5 Å². The third-order valence-corrected chi connectivity index (χ3v) is 4.22. The predicted molar refractivity (Wildman–Crippen MR) is 69.6 cm³/mol. The highest BCUT2D eigenvalue weighted by Crippen LogP contribution is 2.31. The van der Waals surface area contributed by atoms with Crippen molar-refractivity contribution in [1.82, 2.24) is 4.57 Å². The van der Waals surface area contributed by atoms with Gasteiger partial charge in [0, 0.05) is 17.9 Å². The van der Waals surface area contributed by atoms with E-state index in [0.717, 1.165) is 11.8 Å². The molecule has 1 heterocycles. The Morgan fingerprint density at radius 1 is 1.19 bits per heavy atom. The number of rotatable bonds is 3.